The first-order valence-electron chi connectivity index (χ1n) is 10.6. The number of thiophene rings is 1. The lowest BCUT2D eigenvalue weighted by atomic mass is 10.2. The zero-order valence-electron chi connectivity index (χ0n) is 17.7. The number of hydrogen-bond acceptors (Lipinski definition) is 7. The fourth-order valence-corrected chi connectivity index (χ4v) is 6.07. The van der Waals surface area contributed by atoms with Gasteiger partial charge < -0.3 is 4.90 Å². The molecule has 1 aliphatic heterocycles. The second-order valence-electron chi connectivity index (χ2n) is 7.78. The summed E-state index contributed by atoms with van der Waals surface area (Å²) >= 11 is 1.13. The number of nitrogens with zero attached hydrogens (tertiary/aromatic N) is 3. The van der Waals surface area contributed by atoms with Gasteiger partial charge in [0.1, 0.15) is 9.90 Å². The smallest absolute Gasteiger partial charge is 0.264 e. The van der Waals surface area contributed by atoms with Crippen LogP contribution in [0.4, 0.5) is 0 Å². The van der Waals surface area contributed by atoms with Crippen LogP contribution in [0.2, 0.25) is 0 Å². The van der Waals surface area contributed by atoms with Crippen molar-refractivity contribution >= 4 is 21.4 Å². The highest BCUT2D eigenvalue weighted by Gasteiger charge is 2.19. The van der Waals surface area contributed by atoms with Crippen molar-refractivity contribution in [2.45, 2.75) is 17.2 Å². The maximum absolute atomic E-state index is 12.6. The molecule has 0 saturated carbocycles. The van der Waals surface area contributed by atoms with Crippen LogP contribution in [0.3, 0.4) is 0 Å². The average Bonchev–Trinajstić information content (AvgIpc) is 3.30. The normalized spacial score (nSPS) is 15.8. The zero-order valence-corrected chi connectivity index (χ0v) is 19.4. The van der Waals surface area contributed by atoms with E-state index in [2.05, 4.69) is 49.0 Å². The molecule has 1 saturated heterocycles. The summed E-state index contributed by atoms with van der Waals surface area (Å²) in [5, 5.41) is 6.31. The number of piperazine rings is 1. The number of aromatic amines is 1. The van der Waals surface area contributed by atoms with Gasteiger partial charge >= 0.3 is 0 Å². The Balaban J connectivity index is 1.19. The van der Waals surface area contributed by atoms with Crippen LogP contribution in [0.25, 0.3) is 10.6 Å². The van der Waals surface area contributed by atoms with Crippen LogP contribution < -0.4 is 10.3 Å². The molecule has 0 radical (unpaired) electrons. The highest BCUT2D eigenvalue weighted by atomic mass is 32.2. The van der Waals surface area contributed by atoms with Gasteiger partial charge in [0.15, 0.2) is 0 Å². The maximum Gasteiger partial charge on any atom is 0.264 e. The highest BCUT2D eigenvalue weighted by Crippen LogP contribution is 2.28. The molecule has 1 fully saturated rings. The summed E-state index contributed by atoms with van der Waals surface area (Å²) < 4.78 is 28.1. The second kappa shape index (κ2) is 10.5. The van der Waals surface area contributed by atoms with E-state index in [-0.39, 0.29) is 9.77 Å². The van der Waals surface area contributed by atoms with Crippen molar-refractivity contribution in [2.75, 3.05) is 39.3 Å². The lowest BCUT2D eigenvalue weighted by Crippen LogP contribution is -2.46. The van der Waals surface area contributed by atoms with Gasteiger partial charge in [-0.05, 0) is 36.7 Å². The number of nitrogens with one attached hydrogen (secondary N) is 2. The van der Waals surface area contributed by atoms with E-state index in [1.54, 1.807) is 18.2 Å². The van der Waals surface area contributed by atoms with Crippen molar-refractivity contribution < 1.29 is 8.42 Å². The van der Waals surface area contributed by atoms with Gasteiger partial charge in [0.05, 0.1) is 4.88 Å². The Hall–Kier alpha value is -2.37. The Bertz CT molecular complexity index is 1150. The fraction of sp³-hybridized carbons (Fsp3) is 0.364. The lowest BCUT2D eigenvalue weighted by molar-refractivity contribution is 0.126. The molecule has 3 heterocycles. The van der Waals surface area contributed by atoms with E-state index in [0.29, 0.717) is 17.1 Å². The van der Waals surface area contributed by atoms with E-state index in [9.17, 15) is 13.2 Å². The van der Waals surface area contributed by atoms with Gasteiger partial charge in [-0.1, -0.05) is 30.3 Å². The zero-order chi connectivity index (χ0) is 22.4. The van der Waals surface area contributed by atoms with Gasteiger partial charge in [-0.15, -0.1) is 11.3 Å². The van der Waals surface area contributed by atoms with E-state index < -0.39 is 10.0 Å². The Morgan fingerprint density at radius 1 is 0.969 bits per heavy atom. The minimum Gasteiger partial charge on any atom is -0.301 e. The van der Waals surface area contributed by atoms with Crippen LogP contribution >= 0.6 is 11.3 Å². The third kappa shape index (κ3) is 6.11. The summed E-state index contributed by atoms with van der Waals surface area (Å²) in [6, 6.07) is 16.7. The predicted octanol–water partition coefficient (Wildman–Crippen LogP) is 1.98. The van der Waals surface area contributed by atoms with Crippen LogP contribution in [0.15, 0.2) is 63.6 Å². The quantitative estimate of drug-likeness (QED) is 0.461. The standard InChI is InChI=1S/C22H27N5O3S2/c28-21-9-7-19(24-25-21)20-8-10-22(31-20)32(29,30)23-11-4-12-26-13-15-27(16-14-26)17-18-5-2-1-3-6-18/h1-3,5-10,23H,4,11-17H2,(H,25,28). The number of hydrogen-bond donors (Lipinski definition) is 2. The van der Waals surface area contributed by atoms with Gasteiger partial charge in [0, 0.05) is 45.3 Å². The molecular formula is C22H27N5O3S2. The molecule has 2 aromatic heterocycles. The molecule has 0 aliphatic carbocycles. The summed E-state index contributed by atoms with van der Waals surface area (Å²) in [6.07, 6.45) is 0.762. The first-order valence-corrected chi connectivity index (χ1v) is 12.9. The number of sulfonamides is 1. The number of benzene rings is 1. The van der Waals surface area contributed by atoms with Crippen molar-refractivity contribution in [2.24, 2.45) is 0 Å². The molecule has 8 nitrogen and oxygen atoms in total. The molecule has 32 heavy (non-hydrogen) atoms. The Morgan fingerprint density at radius 2 is 1.72 bits per heavy atom. The monoisotopic (exact) mass is 473 g/mol. The largest absolute Gasteiger partial charge is 0.301 e. The molecule has 1 aromatic carbocycles. The van der Waals surface area contributed by atoms with E-state index in [1.165, 1.54) is 11.6 Å². The predicted molar refractivity (Wildman–Crippen MR) is 126 cm³/mol. The number of aromatic nitrogens is 2. The molecule has 0 amide bonds. The summed E-state index contributed by atoms with van der Waals surface area (Å²) in [7, 11) is -3.56. The van der Waals surface area contributed by atoms with Gasteiger partial charge in [0.2, 0.25) is 10.0 Å². The first kappa shape index (κ1) is 22.8. The van der Waals surface area contributed by atoms with Crippen molar-refractivity contribution in [3.8, 4) is 10.6 Å². The number of rotatable bonds is 9. The molecule has 1 aliphatic rings. The molecule has 0 atom stereocenters. The summed E-state index contributed by atoms with van der Waals surface area (Å²) in [6.45, 7) is 6.30. The first-order chi connectivity index (χ1) is 15.5. The molecule has 4 rings (SSSR count). The Kier molecular flexibility index (Phi) is 7.48. The molecule has 3 aromatic rings. The summed E-state index contributed by atoms with van der Waals surface area (Å²) in [5.41, 5.74) is 1.59. The molecular weight excluding hydrogens is 446 g/mol. The highest BCUT2D eigenvalue weighted by molar-refractivity contribution is 7.91. The van der Waals surface area contributed by atoms with E-state index in [1.807, 2.05) is 6.07 Å². The van der Waals surface area contributed by atoms with Gasteiger partial charge in [-0.25, -0.2) is 18.2 Å². The van der Waals surface area contributed by atoms with Crippen molar-refractivity contribution in [3.63, 3.8) is 0 Å². The Morgan fingerprint density at radius 3 is 2.44 bits per heavy atom. The average molecular weight is 474 g/mol. The summed E-state index contributed by atoms with van der Waals surface area (Å²) in [4.78, 5) is 16.7. The van der Waals surface area contributed by atoms with E-state index >= 15 is 0 Å². The van der Waals surface area contributed by atoms with Crippen LogP contribution in [0.1, 0.15) is 12.0 Å². The maximum atomic E-state index is 12.6. The molecule has 0 unspecified atom stereocenters. The molecule has 0 bridgehead atoms. The third-order valence-electron chi connectivity index (χ3n) is 5.43. The fourth-order valence-electron chi connectivity index (χ4n) is 3.68. The lowest BCUT2D eigenvalue weighted by Gasteiger charge is -2.34. The molecule has 170 valence electrons. The van der Waals surface area contributed by atoms with Crippen molar-refractivity contribution in [1.29, 1.82) is 0 Å². The van der Waals surface area contributed by atoms with Crippen molar-refractivity contribution in [3.05, 3.63) is 70.5 Å². The summed E-state index contributed by atoms with van der Waals surface area (Å²) in [5.74, 6) is 0. The van der Waals surface area contributed by atoms with Crippen LogP contribution in [0, 0.1) is 0 Å². The van der Waals surface area contributed by atoms with E-state index in [0.717, 1.165) is 57.0 Å². The molecule has 0 spiro atoms. The topological polar surface area (TPSA) is 98.4 Å². The van der Waals surface area contributed by atoms with E-state index in [4.69, 9.17) is 0 Å². The minimum atomic E-state index is -3.56. The van der Waals surface area contributed by atoms with Crippen LogP contribution in [-0.2, 0) is 16.6 Å². The van der Waals surface area contributed by atoms with Gasteiger partial charge in [-0.2, -0.15) is 5.10 Å². The third-order valence-corrected chi connectivity index (χ3v) is 8.50. The van der Waals surface area contributed by atoms with Crippen molar-refractivity contribution in [1.82, 2.24) is 24.7 Å². The van der Waals surface area contributed by atoms with Gasteiger partial charge in [-0.3, -0.25) is 9.69 Å². The van der Waals surface area contributed by atoms with Crippen LogP contribution in [0.5, 0.6) is 0 Å². The molecule has 10 heteroatoms. The second-order valence-corrected chi connectivity index (χ2v) is 10.9. The molecule has 2 N–H and O–H groups in total. The minimum absolute atomic E-state index is 0.245. The van der Waals surface area contributed by atoms with Crippen LogP contribution in [-0.4, -0.2) is 67.7 Å². The Labute approximate surface area is 191 Å². The van der Waals surface area contributed by atoms with Gasteiger partial charge in [0.25, 0.3) is 5.56 Å². The number of H-pyrrole nitrogens is 1. The SMILES string of the molecule is O=c1ccc(-c2ccc(S(=O)(=O)NCCCN3CCN(Cc4ccccc4)CC3)s2)n[nH]1.